The fourth-order valence-electron chi connectivity index (χ4n) is 3.17. The van der Waals surface area contributed by atoms with Crippen molar-refractivity contribution in [2.45, 2.75) is 48.0 Å². The van der Waals surface area contributed by atoms with Gasteiger partial charge in [0.05, 0.1) is 0 Å². The van der Waals surface area contributed by atoms with Crippen molar-refractivity contribution in [1.82, 2.24) is 0 Å². The standard InChI is InChI=1S/C25H32/c1-18-8-10-22(11-9-18)16-19(2)21(4)24-14-12-23(13-15-24)20(3)17-25(5,6)7/h8-15,17,19H,4,16H2,1-3,5-7H3/b20-17+. The normalized spacial score (nSPS) is 13.6. The molecule has 0 saturated heterocycles. The van der Waals surface area contributed by atoms with Gasteiger partial charge in [-0.1, -0.05) is 94.4 Å². The van der Waals surface area contributed by atoms with Crippen molar-refractivity contribution in [3.05, 3.63) is 83.4 Å². The second-order valence-corrected chi connectivity index (χ2v) is 8.39. The molecule has 132 valence electrons. The zero-order chi connectivity index (χ0) is 18.6. The van der Waals surface area contributed by atoms with Crippen molar-refractivity contribution in [1.29, 1.82) is 0 Å². The van der Waals surface area contributed by atoms with Gasteiger partial charge in [-0.15, -0.1) is 0 Å². The van der Waals surface area contributed by atoms with Gasteiger partial charge in [-0.3, -0.25) is 0 Å². The second kappa shape index (κ2) is 7.87. The Morgan fingerprint density at radius 1 is 0.960 bits per heavy atom. The fourth-order valence-corrected chi connectivity index (χ4v) is 3.17. The quantitative estimate of drug-likeness (QED) is 0.537. The molecule has 0 nitrogen and oxygen atoms in total. The molecule has 0 aliphatic carbocycles. The minimum Gasteiger partial charge on any atom is -0.0950 e. The maximum atomic E-state index is 4.36. The molecule has 0 aliphatic rings. The second-order valence-electron chi connectivity index (χ2n) is 8.39. The average Bonchev–Trinajstić information content (AvgIpc) is 2.55. The van der Waals surface area contributed by atoms with E-state index in [9.17, 15) is 0 Å². The van der Waals surface area contributed by atoms with Crippen molar-refractivity contribution in [2.75, 3.05) is 0 Å². The summed E-state index contributed by atoms with van der Waals surface area (Å²) in [6.07, 6.45) is 3.36. The van der Waals surface area contributed by atoms with E-state index in [0.717, 1.165) is 6.42 Å². The summed E-state index contributed by atoms with van der Waals surface area (Å²) in [5.41, 5.74) is 7.96. The topological polar surface area (TPSA) is 0 Å². The fraction of sp³-hybridized carbons (Fsp3) is 0.360. The van der Waals surface area contributed by atoms with Crippen LogP contribution < -0.4 is 0 Å². The number of allylic oxidation sites excluding steroid dienone is 3. The van der Waals surface area contributed by atoms with Crippen LogP contribution in [0, 0.1) is 18.3 Å². The Hall–Kier alpha value is -2.08. The highest BCUT2D eigenvalue weighted by Crippen LogP contribution is 2.28. The van der Waals surface area contributed by atoms with Crippen molar-refractivity contribution in [3.63, 3.8) is 0 Å². The molecule has 0 fully saturated rings. The zero-order valence-corrected chi connectivity index (χ0v) is 16.7. The van der Waals surface area contributed by atoms with Crippen LogP contribution in [0.5, 0.6) is 0 Å². The van der Waals surface area contributed by atoms with E-state index in [-0.39, 0.29) is 5.41 Å². The van der Waals surface area contributed by atoms with Crippen LogP contribution in [0.4, 0.5) is 0 Å². The summed E-state index contributed by atoms with van der Waals surface area (Å²) in [4.78, 5) is 0. The van der Waals surface area contributed by atoms with Gasteiger partial charge < -0.3 is 0 Å². The predicted octanol–water partition coefficient (Wildman–Crippen LogP) is 7.34. The molecule has 0 spiro atoms. The molecule has 25 heavy (non-hydrogen) atoms. The van der Waals surface area contributed by atoms with Gasteiger partial charge in [0.1, 0.15) is 0 Å². The Morgan fingerprint density at radius 3 is 2.00 bits per heavy atom. The lowest BCUT2D eigenvalue weighted by Crippen LogP contribution is -2.03. The van der Waals surface area contributed by atoms with Gasteiger partial charge in [0.2, 0.25) is 0 Å². The minimum absolute atomic E-state index is 0.203. The Balaban J connectivity index is 2.09. The molecule has 0 bridgehead atoms. The molecule has 2 rings (SSSR count). The number of benzene rings is 2. The molecular weight excluding hydrogens is 300 g/mol. The first-order valence-corrected chi connectivity index (χ1v) is 9.20. The summed E-state index contributed by atoms with van der Waals surface area (Å²) >= 11 is 0. The predicted molar refractivity (Wildman–Crippen MR) is 113 cm³/mol. The monoisotopic (exact) mass is 332 g/mol. The maximum Gasteiger partial charge on any atom is -0.0150 e. The highest BCUT2D eigenvalue weighted by Gasteiger charge is 2.11. The third kappa shape index (κ3) is 5.74. The van der Waals surface area contributed by atoms with Crippen molar-refractivity contribution in [3.8, 4) is 0 Å². The number of aryl methyl sites for hydroxylation is 1. The summed E-state index contributed by atoms with van der Waals surface area (Å²) in [5, 5.41) is 0. The summed E-state index contributed by atoms with van der Waals surface area (Å²) in [5.74, 6) is 0.430. The summed E-state index contributed by atoms with van der Waals surface area (Å²) in [6, 6.07) is 17.7. The van der Waals surface area contributed by atoms with E-state index in [1.54, 1.807) is 0 Å². The lowest BCUT2D eigenvalue weighted by Gasteiger charge is -2.17. The number of hydrogen-bond acceptors (Lipinski definition) is 0. The summed E-state index contributed by atoms with van der Waals surface area (Å²) in [7, 11) is 0. The molecule has 0 heterocycles. The highest BCUT2D eigenvalue weighted by molar-refractivity contribution is 5.70. The zero-order valence-electron chi connectivity index (χ0n) is 16.7. The SMILES string of the molecule is C=C(c1ccc(/C(C)=C/C(C)(C)C)cc1)C(C)Cc1ccc(C)cc1. The van der Waals surface area contributed by atoms with E-state index >= 15 is 0 Å². The summed E-state index contributed by atoms with van der Waals surface area (Å²) in [6.45, 7) is 17.6. The summed E-state index contributed by atoms with van der Waals surface area (Å²) < 4.78 is 0. The van der Waals surface area contributed by atoms with Gasteiger partial charge in [0.15, 0.2) is 0 Å². The average molecular weight is 333 g/mol. The van der Waals surface area contributed by atoms with Gasteiger partial charge in [-0.25, -0.2) is 0 Å². The van der Waals surface area contributed by atoms with E-state index in [2.05, 4.69) is 103 Å². The highest BCUT2D eigenvalue weighted by atomic mass is 14.2. The number of rotatable bonds is 5. The van der Waals surface area contributed by atoms with Gasteiger partial charge in [-0.2, -0.15) is 0 Å². The number of hydrogen-bond donors (Lipinski definition) is 0. The minimum atomic E-state index is 0.203. The molecule has 2 aromatic rings. The van der Waals surface area contributed by atoms with Gasteiger partial charge in [0, 0.05) is 0 Å². The van der Waals surface area contributed by atoms with Crippen LogP contribution in [-0.4, -0.2) is 0 Å². The van der Waals surface area contributed by atoms with Crippen LogP contribution in [0.1, 0.15) is 56.9 Å². The van der Waals surface area contributed by atoms with Crippen molar-refractivity contribution in [2.24, 2.45) is 11.3 Å². The van der Waals surface area contributed by atoms with Gasteiger partial charge >= 0.3 is 0 Å². The third-order valence-corrected chi connectivity index (χ3v) is 4.62. The van der Waals surface area contributed by atoms with E-state index in [1.807, 2.05) is 0 Å². The molecule has 0 heteroatoms. The van der Waals surface area contributed by atoms with Gasteiger partial charge in [0.25, 0.3) is 0 Å². The first kappa shape index (κ1) is 19.2. The van der Waals surface area contributed by atoms with Crippen molar-refractivity contribution < 1.29 is 0 Å². The lowest BCUT2D eigenvalue weighted by molar-refractivity contribution is 0.545. The Morgan fingerprint density at radius 2 is 1.48 bits per heavy atom. The molecule has 1 unspecified atom stereocenters. The van der Waals surface area contributed by atoms with E-state index in [4.69, 9.17) is 0 Å². The Bertz CT molecular complexity index is 734. The first-order valence-electron chi connectivity index (χ1n) is 9.20. The molecular formula is C25H32. The maximum absolute atomic E-state index is 4.36. The molecule has 0 aromatic heterocycles. The van der Waals surface area contributed by atoms with E-state index < -0.39 is 0 Å². The van der Waals surface area contributed by atoms with Crippen LogP contribution in [0.3, 0.4) is 0 Å². The Labute approximate surface area is 154 Å². The van der Waals surface area contributed by atoms with Crippen LogP contribution in [0.25, 0.3) is 11.1 Å². The van der Waals surface area contributed by atoms with Crippen LogP contribution in [0.15, 0.2) is 61.2 Å². The molecule has 2 aromatic carbocycles. The largest absolute Gasteiger partial charge is 0.0950 e. The third-order valence-electron chi connectivity index (χ3n) is 4.62. The van der Waals surface area contributed by atoms with Crippen LogP contribution in [-0.2, 0) is 6.42 Å². The van der Waals surface area contributed by atoms with Crippen LogP contribution in [0.2, 0.25) is 0 Å². The van der Waals surface area contributed by atoms with Gasteiger partial charge in [-0.05, 0) is 59.4 Å². The Kier molecular flexibility index (Phi) is 6.06. The molecule has 0 radical (unpaired) electrons. The lowest BCUT2D eigenvalue weighted by atomic mass is 9.88. The van der Waals surface area contributed by atoms with E-state index in [0.29, 0.717) is 5.92 Å². The molecule has 0 N–H and O–H groups in total. The van der Waals surface area contributed by atoms with Crippen molar-refractivity contribution >= 4 is 11.1 Å². The first-order chi connectivity index (χ1) is 11.7. The van der Waals surface area contributed by atoms with E-state index in [1.165, 1.54) is 33.4 Å². The molecule has 0 aliphatic heterocycles. The van der Waals surface area contributed by atoms with Crippen LogP contribution >= 0.6 is 0 Å². The molecule has 0 amide bonds. The molecule has 0 saturated carbocycles. The molecule has 1 atom stereocenters. The smallest absolute Gasteiger partial charge is 0.0150 e.